The predicted molar refractivity (Wildman–Crippen MR) is 77.2 cm³/mol. The molecule has 0 bridgehead atoms. The summed E-state index contributed by atoms with van der Waals surface area (Å²) in [6.45, 7) is 2.05. The fourth-order valence-electron chi connectivity index (χ4n) is 3.27. The number of nitrogens with zero attached hydrogens (tertiary/aromatic N) is 1. The maximum Gasteiger partial charge on any atom is 0.254 e. The van der Waals surface area contributed by atoms with Gasteiger partial charge in [0.25, 0.3) is 5.91 Å². The molecule has 2 aliphatic carbocycles. The van der Waals surface area contributed by atoms with E-state index in [4.69, 9.17) is 0 Å². The topological polar surface area (TPSA) is 20.3 Å². The van der Waals surface area contributed by atoms with Gasteiger partial charge in [-0.15, -0.1) is 0 Å². The molecule has 0 atom stereocenters. The Hall–Kier alpha value is -1.31. The number of hydrogen-bond acceptors (Lipinski definition) is 1. The molecular formula is C17H23NO. The molecule has 2 heteroatoms. The van der Waals surface area contributed by atoms with E-state index in [0.717, 1.165) is 5.56 Å². The van der Waals surface area contributed by atoms with Crippen molar-refractivity contribution in [1.29, 1.82) is 0 Å². The van der Waals surface area contributed by atoms with Crippen LogP contribution in [0.15, 0.2) is 24.3 Å². The van der Waals surface area contributed by atoms with Crippen LogP contribution in [-0.4, -0.2) is 22.9 Å². The molecule has 0 N–H and O–H groups in total. The molecular weight excluding hydrogens is 234 g/mol. The van der Waals surface area contributed by atoms with Crippen molar-refractivity contribution in [1.82, 2.24) is 4.90 Å². The highest BCUT2D eigenvalue weighted by Crippen LogP contribution is 2.34. The molecule has 1 aromatic carbocycles. The van der Waals surface area contributed by atoms with Crippen molar-refractivity contribution >= 4 is 5.91 Å². The summed E-state index contributed by atoms with van der Waals surface area (Å²) >= 11 is 0. The molecule has 1 amide bonds. The van der Waals surface area contributed by atoms with Crippen LogP contribution in [0.4, 0.5) is 0 Å². The Kier molecular flexibility index (Phi) is 3.58. The van der Waals surface area contributed by atoms with E-state index in [-0.39, 0.29) is 5.91 Å². The predicted octanol–water partition coefficient (Wildman–Crippen LogP) is 3.93. The zero-order chi connectivity index (χ0) is 13.2. The summed E-state index contributed by atoms with van der Waals surface area (Å²) in [6.07, 6.45) is 8.72. The van der Waals surface area contributed by atoms with Crippen molar-refractivity contribution in [2.45, 2.75) is 64.0 Å². The fourth-order valence-corrected chi connectivity index (χ4v) is 3.27. The lowest BCUT2D eigenvalue weighted by molar-refractivity contribution is 0.0614. The summed E-state index contributed by atoms with van der Waals surface area (Å²) in [4.78, 5) is 15.0. The van der Waals surface area contributed by atoms with Gasteiger partial charge in [0.05, 0.1) is 0 Å². The van der Waals surface area contributed by atoms with E-state index in [1.54, 1.807) is 0 Å². The summed E-state index contributed by atoms with van der Waals surface area (Å²) in [7, 11) is 0. The van der Waals surface area contributed by atoms with E-state index in [1.165, 1.54) is 50.5 Å². The summed E-state index contributed by atoms with van der Waals surface area (Å²) < 4.78 is 0. The number of carbonyl (C=O) groups excluding carboxylic acids is 1. The second-order valence-corrected chi connectivity index (χ2v) is 6.10. The van der Waals surface area contributed by atoms with E-state index in [1.807, 2.05) is 18.2 Å². The van der Waals surface area contributed by atoms with E-state index >= 15 is 0 Å². The van der Waals surface area contributed by atoms with Gasteiger partial charge in [0, 0.05) is 17.6 Å². The average molecular weight is 257 g/mol. The van der Waals surface area contributed by atoms with E-state index in [0.29, 0.717) is 12.1 Å². The maximum absolute atomic E-state index is 12.8. The number of rotatable bonds is 3. The van der Waals surface area contributed by atoms with Gasteiger partial charge in [-0.05, 0) is 44.7 Å². The van der Waals surface area contributed by atoms with Gasteiger partial charge in [-0.2, -0.15) is 0 Å². The number of aryl methyl sites for hydroxylation is 1. The number of benzene rings is 1. The van der Waals surface area contributed by atoms with Crippen molar-refractivity contribution in [3.63, 3.8) is 0 Å². The third-order valence-corrected chi connectivity index (χ3v) is 4.41. The summed E-state index contributed by atoms with van der Waals surface area (Å²) in [5.41, 5.74) is 2.04. The number of carbonyl (C=O) groups is 1. The molecule has 0 heterocycles. The van der Waals surface area contributed by atoms with E-state index in [2.05, 4.69) is 17.9 Å². The SMILES string of the molecule is Cc1cccc(C(=O)N(C2CCCCC2)C2CC2)c1. The molecule has 0 radical (unpaired) electrons. The van der Waals surface area contributed by atoms with Crippen molar-refractivity contribution in [3.8, 4) is 0 Å². The molecule has 0 aliphatic heterocycles. The molecule has 0 saturated heterocycles. The highest BCUT2D eigenvalue weighted by Gasteiger charge is 2.37. The molecule has 2 nitrogen and oxygen atoms in total. The lowest BCUT2D eigenvalue weighted by Crippen LogP contribution is -2.43. The molecule has 0 unspecified atom stereocenters. The summed E-state index contributed by atoms with van der Waals surface area (Å²) in [5.74, 6) is 0.262. The molecule has 102 valence electrons. The largest absolute Gasteiger partial charge is 0.333 e. The Morgan fingerprint density at radius 3 is 2.37 bits per heavy atom. The van der Waals surface area contributed by atoms with Crippen molar-refractivity contribution in [2.24, 2.45) is 0 Å². The lowest BCUT2D eigenvalue weighted by Gasteiger charge is -2.34. The fraction of sp³-hybridized carbons (Fsp3) is 0.588. The number of amides is 1. The third-order valence-electron chi connectivity index (χ3n) is 4.41. The van der Waals surface area contributed by atoms with Crippen LogP contribution in [0.3, 0.4) is 0 Å². The lowest BCUT2D eigenvalue weighted by atomic mass is 9.93. The first-order valence-corrected chi connectivity index (χ1v) is 7.65. The van der Waals surface area contributed by atoms with Crippen LogP contribution in [0.1, 0.15) is 60.9 Å². The molecule has 2 saturated carbocycles. The van der Waals surface area contributed by atoms with Crippen molar-refractivity contribution in [2.75, 3.05) is 0 Å². The maximum atomic E-state index is 12.8. The second-order valence-electron chi connectivity index (χ2n) is 6.10. The van der Waals surface area contributed by atoms with Gasteiger partial charge < -0.3 is 4.90 Å². The van der Waals surface area contributed by atoms with E-state index < -0.39 is 0 Å². The Balaban J connectivity index is 1.81. The molecule has 0 spiro atoms. The Morgan fingerprint density at radius 2 is 1.74 bits per heavy atom. The van der Waals surface area contributed by atoms with E-state index in [9.17, 15) is 4.79 Å². The van der Waals surface area contributed by atoms with Gasteiger partial charge in [-0.3, -0.25) is 4.79 Å². The van der Waals surface area contributed by atoms with Crippen molar-refractivity contribution in [3.05, 3.63) is 35.4 Å². The van der Waals surface area contributed by atoms with Gasteiger partial charge in [0.2, 0.25) is 0 Å². The highest BCUT2D eigenvalue weighted by atomic mass is 16.2. The minimum atomic E-state index is 0.262. The summed E-state index contributed by atoms with van der Waals surface area (Å²) in [5, 5.41) is 0. The molecule has 3 rings (SSSR count). The first-order valence-electron chi connectivity index (χ1n) is 7.65. The third kappa shape index (κ3) is 2.83. The number of hydrogen-bond donors (Lipinski definition) is 0. The normalized spacial score (nSPS) is 20.3. The second kappa shape index (κ2) is 5.36. The van der Waals surface area contributed by atoms with Crippen molar-refractivity contribution < 1.29 is 4.79 Å². The van der Waals surface area contributed by atoms with Crippen LogP contribution in [0, 0.1) is 6.92 Å². The van der Waals surface area contributed by atoms with Gasteiger partial charge in [0.1, 0.15) is 0 Å². The summed E-state index contributed by atoms with van der Waals surface area (Å²) in [6, 6.07) is 9.06. The Bertz CT molecular complexity index is 458. The van der Waals surface area contributed by atoms with Crippen LogP contribution in [0.25, 0.3) is 0 Å². The monoisotopic (exact) mass is 257 g/mol. The highest BCUT2D eigenvalue weighted by molar-refractivity contribution is 5.95. The van der Waals surface area contributed by atoms with Gasteiger partial charge in [-0.25, -0.2) is 0 Å². The smallest absolute Gasteiger partial charge is 0.254 e. The zero-order valence-electron chi connectivity index (χ0n) is 11.8. The standard InChI is InChI=1S/C17H23NO/c1-13-6-5-7-14(12-13)17(19)18(16-10-11-16)15-8-3-2-4-9-15/h5-7,12,15-16H,2-4,8-11H2,1H3. The Labute approximate surface area is 115 Å². The first kappa shape index (κ1) is 12.7. The van der Waals surface area contributed by atoms with Crippen LogP contribution in [-0.2, 0) is 0 Å². The average Bonchev–Trinajstić information content (AvgIpc) is 3.25. The zero-order valence-corrected chi connectivity index (χ0v) is 11.8. The molecule has 2 aliphatic rings. The quantitative estimate of drug-likeness (QED) is 0.803. The van der Waals surface area contributed by atoms with Crippen LogP contribution in [0.2, 0.25) is 0 Å². The molecule has 1 aromatic rings. The minimum Gasteiger partial charge on any atom is -0.333 e. The van der Waals surface area contributed by atoms with Crippen LogP contribution >= 0.6 is 0 Å². The van der Waals surface area contributed by atoms with Crippen LogP contribution in [0.5, 0.6) is 0 Å². The minimum absolute atomic E-state index is 0.262. The molecule has 2 fully saturated rings. The molecule has 0 aromatic heterocycles. The first-order chi connectivity index (χ1) is 9.25. The Morgan fingerprint density at radius 1 is 1.05 bits per heavy atom. The van der Waals surface area contributed by atoms with Crippen LogP contribution < -0.4 is 0 Å². The molecule has 19 heavy (non-hydrogen) atoms. The van der Waals surface area contributed by atoms with Gasteiger partial charge in [-0.1, -0.05) is 37.0 Å². The van der Waals surface area contributed by atoms with Gasteiger partial charge >= 0.3 is 0 Å². The van der Waals surface area contributed by atoms with Gasteiger partial charge in [0.15, 0.2) is 0 Å².